The SMILES string of the molecule is Oc1[nH]ccc2cc3ccccc3c1-2. The van der Waals surface area contributed by atoms with Crippen LogP contribution in [0, 0.1) is 0 Å². The molecule has 0 amide bonds. The minimum atomic E-state index is 0.240. The Kier molecular flexibility index (Phi) is 1.34. The van der Waals surface area contributed by atoms with E-state index in [0.29, 0.717) is 0 Å². The van der Waals surface area contributed by atoms with Crippen molar-refractivity contribution in [3.8, 4) is 17.0 Å². The van der Waals surface area contributed by atoms with Crippen molar-refractivity contribution >= 4 is 10.8 Å². The summed E-state index contributed by atoms with van der Waals surface area (Å²) in [4.78, 5) is 2.81. The van der Waals surface area contributed by atoms with Crippen LogP contribution in [0.15, 0.2) is 42.6 Å². The average Bonchev–Trinajstić information content (AvgIpc) is 2.57. The summed E-state index contributed by atoms with van der Waals surface area (Å²) in [5.41, 5.74) is 1.98. The van der Waals surface area contributed by atoms with Crippen molar-refractivity contribution in [3.05, 3.63) is 42.6 Å². The van der Waals surface area contributed by atoms with Crippen LogP contribution in [-0.4, -0.2) is 10.1 Å². The van der Waals surface area contributed by atoms with Gasteiger partial charge >= 0.3 is 0 Å². The number of H-pyrrole nitrogens is 1. The van der Waals surface area contributed by atoms with Gasteiger partial charge in [-0.25, -0.2) is 0 Å². The van der Waals surface area contributed by atoms with Gasteiger partial charge in [-0.05, 0) is 28.5 Å². The molecule has 1 aliphatic heterocycles. The number of aromatic amines is 1. The van der Waals surface area contributed by atoms with Gasteiger partial charge in [0.25, 0.3) is 0 Å². The lowest BCUT2D eigenvalue weighted by atomic mass is 10.1. The van der Waals surface area contributed by atoms with Gasteiger partial charge in [0.15, 0.2) is 5.88 Å². The Balaban J connectivity index is 2.57. The zero-order chi connectivity index (χ0) is 9.54. The van der Waals surface area contributed by atoms with E-state index in [2.05, 4.69) is 17.1 Å². The van der Waals surface area contributed by atoms with E-state index in [1.807, 2.05) is 24.3 Å². The number of aromatic nitrogens is 1. The van der Waals surface area contributed by atoms with E-state index in [0.717, 1.165) is 21.9 Å². The summed E-state index contributed by atoms with van der Waals surface area (Å²) in [7, 11) is 0. The van der Waals surface area contributed by atoms with Gasteiger partial charge in [0.05, 0.1) is 0 Å². The monoisotopic (exact) mass is 183 g/mol. The molecule has 1 heterocycles. The zero-order valence-corrected chi connectivity index (χ0v) is 7.49. The van der Waals surface area contributed by atoms with Crippen molar-refractivity contribution in [1.29, 1.82) is 0 Å². The van der Waals surface area contributed by atoms with Gasteiger partial charge in [0, 0.05) is 11.8 Å². The van der Waals surface area contributed by atoms with E-state index in [1.165, 1.54) is 0 Å². The van der Waals surface area contributed by atoms with Crippen LogP contribution < -0.4 is 0 Å². The van der Waals surface area contributed by atoms with Gasteiger partial charge in [-0.3, -0.25) is 0 Å². The van der Waals surface area contributed by atoms with Crippen LogP contribution in [0.5, 0.6) is 5.88 Å². The molecule has 0 fully saturated rings. The predicted molar refractivity (Wildman–Crippen MR) is 56.6 cm³/mol. The van der Waals surface area contributed by atoms with E-state index in [-0.39, 0.29) is 5.88 Å². The molecular formula is C12H9NO. The fourth-order valence-electron chi connectivity index (χ4n) is 1.92. The minimum absolute atomic E-state index is 0.240. The smallest absolute Gasteiger partial charge is 0.196 e. The fourth-order valence-corrected chi connectivity index (χ4v) is 1.92. The van der Waals surface area contributed by atoms with Crippen molar-refractivity contribution in [2.45, 2.75) is 0 Å². The van der Waals surface area contributed by atoms with Gasteiger partial charge < -0.3 is 10.1 Å². The molecule has 2 heteroatoms. The summed E-state index contributed by atoms with van der Waals surface area (Å²) < 4.78 is 0. The van der Waals surface area contributed by atoms with Crippen molar-refractivity contribution in [2.75, 3.05) is 0 Å². The van der Waals surface area contributed by atoms with Crippen molar-refractivity contribution in [3.63, 3.8) is 0 Å². The Bertz CT molecular complexity index is 568. The van der Waals surface area contributed by atoms with E-state index in [1.54, 1.807) is 6.20 Å². The first-order chi connectivity index (χ1) is 6.86. The summed E-state index contributed by atoms with van der Waals surface area (Å²) in [5, 5.41) is 12.0. The van der Waals surface area contributed by atoms with E-state index < -0.39 is 0 Å². The molecule has 0 aromatic heterocycles. The highest BCUT2D eigenvalue weighted by molar-refractivity contribution is 6.03. The van der Waals surface area contributed by atoms with Crippen LogP contribution in [-0.2, 0) is 0 Å². The second kappa shape index (κ2) is 2.51. The Hall–Kier alpha value is -1.96. The molecule has 68 valence electrons. The number of pyridine rings is 1. The van der Waals surface area contributed by atoms with Gasteiger partial charge in [0.2, 0.25) is 0 Å². The molecular weight excluding hydrogens is 174 g/mol. The van der Waals surface area contributed by atoms with Gasteiger partial charge in [-0.1, -0.05) is 24.3 Å². The number of fused-ring (bicyclic) bond motifs is 3. The van der Waals surface area contributed by atoms with E-state index in [4.69, 9.17) is 0 Å². The van der Waals surface area contributed by atoms with Gasteiger partial charge in [0.1, 0.15) is 0 Å². The fraction of sp³-hybridized carbons (Fsp3) is 0. The summed E-state index contributed by atoms with van der Waals surface area (Å²) in [6.07, 6.45) is 1.75. The van der Waals surface area contributed by atoms with E-state index >= 15 is 0 Å². The largest absolute Gasteiger partial charge is 0.494 e. The topological polar surface area (TPSA) is 36.0 Å². The molecule has 1 aromatic carbocycles. The molecule has 14 heavy (non-hydrogen) atoms. The molecule has 2 nitrogen and oxygen atoms in total. The maximum Gasteiger partial charge on any atom is 0.196 e. The minimum Gasteiger partial charge on any atom is -0.494 e. The highest BCUT2D eigenvalue weighted by atomic mass is 16.3. The third-order valence-electron chi connectivity index (χ3n) is 2.55. The lowest BCUT2D eigenvalue weighted by molar-refractivity contribution is 0.456. The average molecular weight is 183 g/mol. The van der Waals surface area contributed by atoms with Crippen LogP contribution in [0.25, 0.3) is 21.9 Å². The Morgan fingerprint density at radius 3 is 2.86 bits per heavy atom. The van der Waals surface area contributed by atoms with Crippen LogP contribution in [0.4, 0.5) is 0 Å². The molecule has 2 aliphatic rings. The molecule has 0 bridgehead atoms. The highest BCUT2D eigenvalue weighted by Gasteiger charge is 2.12. The van der Waals surface area contributed by atoms with Crippen molar-refractivity contribution in [1.82, 2.24) is 4.98 Å². The quantitative estimate of drug-likeness (QED) is 0.552. The summed E-state index contributed by atoms with van der Waals surface area (Å²) in [6, 6.07) is 12.1. The first kappa shape index (κ1) is 7.44. The Morgan fingerprint density at radius 1 is 1.07 bits per heavy atom. The molecule has 0 saturated carbocycles. The normalized spacial score (nSPS) is 11.1. The first-order valence-electron chi connectivity index (χ1n) is 4.54. The predicted octanol–water partition coefficient (Wildman–Crippen LogP) is 2.98. The summed E-state index contributed by atoms with van der Waals surface area (Å²) in [5.74, 6) is 0.240. The molecule has 1 aromatic rings. The summed E-state index contributed by atoms with van der Waals surface area (Å²) >= 11 is 0. The second-order valence-corrected chi connectivity index (χ2v) is 3.39. The molecule has 3 rings (SSSR count). The number of rotatable bonds is 0. The Labute approximate surface area is 81.2 Å². The van der Waals surface area contributed by atoms with Crippen LogP contribution >= 0.6 is 0 Å². The molecule has 0 atom stereocenters. The molecule has 0 unspecified atom stereocenters. The lowest BCUT2D eigenvalue weighted by Crippen LogP contribution is -1.79. The maximum absolute atomic E-state index is 9.70. The first-order valence-corrected chi connectivity index (χ1v) is 4.54. The van der Waals surface area contributed by atoms with Crippen LogP contribution in [0.1, 0.15) is 0 Å². The molecule has 0 radical (unpaired) electrons. The molecule has 0 saturated heterocycles. The second-order valence-electron chi connectivity index (χ2n) is 3.39. The van der Waals surface area contributed by atoms with Crippen LogP contribution in [0.3, 0.4) is 0 Å². The number of hydrogen-bond donors (Lipinski definition) is 2. The van der Waals surface area contributed by atoms with Gasteiger partial charge in [-0.15, -0.1) is 0 Å². The highest BCUT2D eigenvalue weighted by Crippen LogP contribution is 2.38. The third kappa shape index (κ3) is 0.852. The summed E-state index contributed by atoms with van der Waals surface area (Å²) in [6.45, 7) is 0. The lowest BCUT2D eigenvalue weighted by Gasteiger charge is -2.01. The van der Waals surface area contributed by atoms with Crippen LogP contribution in [0.2, 0.25) is 0 Å². The molecule has 0 spiro atoms. The van der Waals surface area contributed by atoms with Crippen molar-refractivity contribution < 1.29 is 5.11 Å². The Morgan fingerprint density at radius 2 is 1.93 bits per heavy atom. The number of aromatic hydroxyl groups is 1. The standard InChI is InChI=1S/C12H9NO/c14-12-11-9(5-6-13-12)7-8-3-1-2-4-10(8)11/h1-7,13-14H. The molecule has 1 aliphatic carbocycles. The maximum atomic E-state index is 9.70. The van der Waals surface area contributed by atoms with E-state index in [9.17, 15) is 5.11 Å². The number of benzene rings is 1. The number of hydrogen-bond acceptors (Lipinski definition) is 1. The third-order valence-corrected chi connectivity index (χ3v) is 2.55. The van der Waals surface area contributed by atoms with Crippen molar-refractivity contribution in [2.24, 2.45) is 0 Å². The molecule has 2 N–H and O–H groups in total. The van der Waals surface area contributed by atoms with Gasteiger partial charge in [-0.2, -0.15) is 0 Å². The zero-order valence-electron chi connectivity index (χ0n) is 7.49. The number of nitrogens with one attached hydrogen (secondary N) is 1.